The van der Waals surface area contributed by atoms with E-state index in [0.29, 0.717) is 11.7 Å². The van der Waals surface area contributed by atoms with Gasteiger partial charge in [0.15, 0.2) is 11.0 Å². The first-order chi connectivity index (χ1) is 12.1. The van der Waals surface area contributed by atoms with Crippen molar-refractivity contribution in [3.8, 4) is 11.4 Å². The van der Waals surface area contributed by atoms with Crippen molar-refractivity contribution in [3.63, 3.8) is 0 Å². The van der Waals surface area contributed by atoms with Crippen molar-refractivity contribution in [2.24, 2.45) is 5.73 Å². The van der Waals surface area contributed by atoms with Crippen LogP contribution in [0.1, 0.15) is 23.3 Å². The van der Waals surface area contributed by atoms with Crippen molar-refractivity contribution in [1.29, 1.82) is 0 Å². The minimum Gasteiger partial charge on any atom is -0.368 e. The number of amides is 1. The quantitative estimate of drug-likeness (QED) is 0.688. The van der Waals surface area contributed by atoms with Crippen molar-refractivity contribution in [2.75, 3.05) is 0 Å². The Labute approximate surface area is 151 Å². The number of benzene rings is 2. The topological polar surface area (TPSA) is 73.8 Å². The summed E-state index contributed by atoms with van der Waals surface area (Å²) in [5, 5.41) is 8.84. The molecule has 5 nitrogen and oxygen atoms in total. The summed E-state index contributed by atoms with van der Waals surface area (Å²) in [5.41, 5.74) is 8.67. The molecule has 1 unspecified atom stereocenters. The Morgan fingerprint density at radius 2 is 1.92 bits per heavy atom. The van der Waals surface area contributed by atoms with E-state index in [0.717, 1.165) is 22.5 Å². The Hall–Kier alpha value is -2.60. The highest BCUT2D eigenvalue weighted by Crippen LogP contribution is 2.35. The monoisotopic (exact) mass is 352 g/mol. The van der Waals surface area contributed by atoms with Crippen LogP contribution in [-0.4, -0.2) is 20.7 Å². The highest BCUT2D eigenvalue weighted by atomic mass is 32.2. The van der Waals surface area contributed by atoms with Crippen molar-refractivity contribution in [2.45, 2.75) is 30.8 Å². The summed E-state index contributed by atoms with van der Waals surface area (Å²) in [4.78, 5) is 12.0. The molecule has 25 heavy (non-hydrogen) atoms. The molecule has 0 aliphatic heterocycles. The number of nitrogens with two attached hydrogens (primary N) is 1. The number of aryl methyl sites for hydroxylation is 1. The zero-order valence-electron chi connectivity index (χ0n) is 14.2. The third kappa shape index (κ3) is 3.74. The Balaban J connectivity index is 1.96. The van der Waals surface area contributed by atoms with Crippen LogP contribution < -0.4 is 5.73 Å². The van der Waals surface area contributed by atoms with E-state index < -0.39 is 5.25 Å². The number of aromatic nitrogens is 3. The van der Waals surface area contributed by atoms with Crippen LogP contribution in [0.5, 0.6) is 0 Å². The van der Waals surface area contributed by atoms with Gasteiger partial charge in [-0.3, -0.25) is 4.79 Å². The number of primary amides is 1. The average Bonchev–Trinajstić information content (AvgIpc) is 3.03. The van der Waals surface area contributed by atoms with Gasteiger partial charge in [-0.15, -0.1) is 10.2 Å². The van der Waals surface area contributed by atoms with E-state index in [1.807, 2.05) is 66.9 Å². The zero-order valence-corrected chi connectivity index (χ0v) is 15.0. The predicted octanol–water partition coefficient (Wildman–Crippen LogP) is 3.59. The molecule has 128 valence electrons. The number of carbonyl (C=O) groups is 1. The number of hydrogen-bond acceptors (Lipinski definition) is 4. The summed E-state index contributed by atoms with van der Waals surface area (Å²) in [6.45, 7) is 4.79. The molecule has 0 aliphatic carbocycles. The molecule has 0 spiro atoms. The van der Waals surface area contributed by atoms with Gasteiger partial charge < -0.3 is 10.3 Å². The van der Waals surface area contributed by atoms with Gasteiger partial charge in [-0.05, 0) is 25.5 Å². The number of hydrogen-bond donors (Lipinski definition) is 1. The zero-order chi connectivity index (χ0) is 17.8. The van der Waals surface area contributed by atoms with Gasteiger partial charge >= 0.3 is 0 Å². The second kappa shape index (κ2) is 7.53. The number of thioether (sulfide) groups is 1. The Kier molecular flexibility index (Phi) is 5.19. The van der Waals surface area contributed by atoms with Crippen LogP contribution in [0.3, 0.4) is 0 Å². The maximum Gasteiger partial charge on any atom is 0.235 e. The summed E-state index contributed by atoms with van der Waals surface area (Å²) >= 11 is 1.34. The van der Waals surface area contributed by atoms with Gasteiger partial charge in [0.25, 0.3) is 0 Å². The van der Waals surface area contributed by atoms with Crippen LogP contribution in [0.4, 0.5) is 0 Å². The molecular formula is C19H20N4OS. The molecule has 0 aliphatic rings. The van der Waals surface area contributed by atoms with Crippen molar-refractivity contribution >= 4 is 17.7 Å². The van der Waals surface area contributed by atoms with E-state index in [9.17, 15) is 4.79 Å². The fourth-order valence-corrected chi connectivity index (χ4v) is 3.73. The third-order valence-corrected chi connectivity index (χ3v) is 5.15. The van der Waals surface area contributed by atoms with Crippen molar-refractivity contribution in [3.05, 3.63) is 65.7 Å². The lowest BCUT2D eigenvalue weighted by Crippen LogP contribution is -2.19. The summed E-state index contributed by atoms with van der Waals surface area (Å²) in [5.74, 6) is 0.406. The average molecular weight is 352 g/mol. The van der Waals surface area contributed by atoms with Crippen LogP contribution in [0.25, 0.3) is 11.4 Å². The first kappa shape index (κ1) is 17.2. The minimum atomic E-state index is -0.499. The van der Waals surface area contributed by atoms with Gasteiger partial charge in [0.1, 0.15) is 5.25 Å². The molecule has 1 amide bonds. The maximum absolute atomic E-state index is 12.0. The number of carbonyl (C=O) groups excluding carboxylic acids is 1. The van der Waals surface area contributed by atoms with E-state index in [-0.39, 0.29) is 5.91 Å². The highest BCUT2D eigenvalue weighted by Gasteiger charge is 2.23. The largest absolute Gasteiger partial charge is 0.368 e. The Bertz CT molecular complexity index is 876. The summed E-state index contributed by atoms with van der Waals surface area (Å²) in [7, 11) is 0. The molecule has 2 N–H and O–H groups in total. The van der Waals surface area contributed by atoms with E-state index >= 15 is 0 Å². The standard InChI is InChI=1S/C19H20N4OS/c1-3-23-18(15-11-7-8-13(2)12-15)21-22-19(23)25-16(17(20)24)14-9-5-4-6-10-14/h4-12,16H,3H2,1-2H3,(H2,20,24). The lowest BCUT2D eigenvalue weighted by atomic mass is 10.1. The van der Waals surface area contributed by atoms with Crippen LogP contribution >= 0.6 is 11.8 Å². The lowest BCUT2D eigenvalue weighted by Gasteiger charge is -2.14. The molecule has 0 saturated carbocycles. The molecule has 6 heteroatoms. The van der Waals surface area contributed by atoms with Crippen molar-refractivity contribution in [1.82, 2.24) is 14.8 Å². The Morgan fingerprint density at radius 3 is 2.56 bits per heavy atom. The van der Waals surface area contributed by atoms with Gasteiger partial charge in [-0.2, -0.15) is 0 Å². The third-order valence-electron chi connectivity index (χ3n) is 3.89. The van der Waals surface area contributed by atoms with Gasteiger partial charge in [-0.25, -0.2) is 0 Å². The van der Waals surface area contributed by atoms with E-state index in [1.165, 1.54) is 11.8 Å². The predicted molar refractivity (Wildman–Crippen MR) is 100 cm³/mol. The summed E-state index contributed by atoms with van der Waals surface area (Å²) in [6.07, 6.45) is 0. The van der Waals surface area contributed by atoms with Gasteiger partial charge in [-0.1, -0.05) is 65.9 Å². The van der Waals surface area contributed by atoms with E-state index in [1.54, 1.807) is 0 Å². The molecule has 1 heterocycles. The highest BCUT2D eigenvalue weighted by molar-refractivity contribution is 8.00. The fraction of sp³-hybridized carbons (Fsp3) is 0.211. The molecule has 2 aromatic carbocycles. The number of rotatable bonds is 6. The molecule has 3 rings (SSSR count). The molecule has 1 aromatic heterocycles. The van der Waals surface area contributed by atoms with Gasteiger partial charge in [0.05, 0.1) is 0 Å². The first-order valence-electron chi connectivity index (χ1n) is 8.11. The SMILES string of the molecule is CCn1c(SC(C(N)=O)c2ccccc2)nnc1-c1cccc(C)c1. The van der Waals surface area contributed by atoms with Gasteiger partial charge in [0, 0.05) is 12.1 Å². The molecule has 0 bridgehead atoms. The second-order valence-corrected chi connectivity index (χ2v) is 6.80. The smallest absolute Gasteiger partial charge is 0.235 e. The normalized spacial score (nSPS) is 12.1. The summed E-state index contributed by atoms with van der Waals surface area (Å²) in [6, 6.07) is 17.6. The fourth-order valence-electron chi connectivity index (χ4n) is 2.68. The second-order valence-electron chi connectivity index (χ2n) is 5.73. The first-order valence-corrected chi connectivity index (χ1v) is 8.99. The van der Waals surface area contributed by atoms with Crippen LogP contribution in [0.2, 0.25) is 0 Å². The number of nitrogens with zero attached hydrogens (tertiary/aromatic N) is 3. The van der Waals surface area contributed by atoms with E-state index in [2.05, 4.69) is 16.3 Å². The van der Waals surface area contributed by atoms with Crippen LogP contribution in [0.15, 0.2) is 59.8 Å². The molecule has 0 fully saturated rings. The van der Waals surface area contributed by atoms with Crippen LogP contribution in [-0.2, 0) is 11.3 Å². The molecule has 0 saturated heterocycles. The van der Waals surface area contributed by atoms with Gasteiger partial charge in [0.2, 0.25) is 5.91 Å². The minimum absolute atomic E-state index is 0.390. The molecule has 1 atom stereocenters. The maximum atomic E-state index is 12.0. The molecule has 0 radical (unpaired) electrons. The molecule has 3 aromatic rings. The molecular weight excluding hydrogens is 332 g/mol. The Morgan fingerprint density at radius 1 is 1.16 bits per heavy atom. The van der Waals surface area contributed by atoms with Crippen LogP contribution in [0, 0.1) is 6.92 Å². The van der Waals surface area contributed by atoms with Crippen molar-refractivity contribution < 1.29 is 4.79 Å². The van der Waals surface area contributed by atoms with E-state index in [4.69, 9.17) is 5.73 Å². The lowest BCUT2D eigenvalue weighted by molar-refractivity contribution is -0.117. The summed E-state index contributed by atoms with van der Waals surface area (Å²) < 4.78 is 2.01.